The van der Waals surface area contributed by atoms with Crippen molar-refractivity contribution in [3.63, 3.8) is 0 Å². The van der Waals surface area contributed by atoms with Gasteiger partial charge in [-0.05, 0) is 43.3 Å². The van der Waals surface area contributed by atoms with Gasteiger partial charge < -0.3 is 24.8 Å². The van der Waals surface area contributed by atoms with Crippen LogP contribution >= 0.6 is 0 Å². The van der Waals surface area contributed by atoms with Gasteiger partial charge in [0.25, 0.3) is 11.8 Å². The van der Waals surface area contributed by atoms with Gasteiger partial charge in [-0.2, -0.15) is 0 Å². The molecule has 0 unspecified atom stereocenters. The van der Waals surface area contributed by atoms with Crippen molar-refractivity contribution in [1.82, 2.24) is 16.0 Å². The molecule has 2 aromatic carbocycles. The molecule has 2 rings (SSSR count). The minimum atomic E-state index is -0.772. The van der Waals surface area contributed by atoms with Crippen LogP contribution in [0.25, 0.3) is 0 Å². The van der Waals surface area contributed by atoms with Crippen molar-refractivity contribution in [2.24, 2.45) is 0 Å². The van der Waals surface area contributed by atoms with Crippen LogP contribution in [-0.4, -0.2) is 39.2 Å². The van der Waals surface area contributed by atoms with Crippen molar-refractivity contribution in [1.29, 1.82) is 0 Å². The Hall–Kier alpha value is -4.53. The van der Waals surface area contributed by atoms with Crippen molar-refractivity contribution in [2.45, 2.75) is 6.92 Å². The molecule has 34 heavy (non-hydrogen) atoms. The van der Waals surface area contributed by atoms with Crippen LogP contribution in [0.2, 0.25) is 0 Å². The fraction of sp³-hybridized carbons (Fsp3) is 0.160. The molecule has 0 aliphatic heterocycles. The van der Waals surface area contributed by atoms with E-state index in [-0.39, 0.29) is 28.7 Å². The molecule has 0 atom stereocenters. The van der Waals surface area contributed by atoms with E-state index in [9.17, 15) is 14.4 Å². The van der Waals surface area contributed by atoms with Crippen LogP contribution in [0.3, 0.4) is 0 Å². The van der Waals surface area contributed by atoms with E-state index in [0.717, 1.165) is 0 Å². The lowest BCUT2D eigenvalue weighted by Crippen LogP contribution is -2.38. The molecule has 9 heteroatoms. The van der Waals surface area contributed by atoms with Crippen LogP contribution in [-0.2, 0) is 0 Å². The Kier molecular flexibility index (Phi) is 9.45. The fourth-order valence-corrected chi connectivity index (χ4v) is 2.80. The average molecular weight is 466 g/mol. The van der Waals surface area contributed by atoms with Crippen molar-refractivity contribution in [2.75, 3.05) is 21.3 Å². The zero-order valence-electron chi connectivity index (χ0n) is 19.4. The number of imide groups is 1. The predicted molar refractivity (Wildman–Crippen MR) is 128 cm³/mol. The maximum Gasteiger partial charge on any atom is 0.326 e. The number of amides is 4. The molecule has 0 aliphatic carbocycles. The minimum absolute atomic E-state index is 0.138. The molecule has 0 heterocycles. The van der Waals surface area contributed by atoms with E-state index in [4.69, 9.17) is 14.2 Å². The van der Waals surface area contributed by atoms with Crippen LogP contribution in [0.5, 0.6) is 17.2 Å². The number of carbonyl (C=O) groups is 3. The number of hydrogen-bond donors (Lipinski definition) is 3. The molecule has 0 aliphatic rings. The highest BCUT2D eigenvalue weighted by Crippen LogP contribution is 2.38. The van der Waals surface area contributed by atoms with Gasteiger partial charge in [0.05, 0.1) is 21.3 Å². The van der Waals surface area contributed by atoms with E-state index in [1.807, 2.05) is 6.07 Å². The Balaban J connectivity index is 1.92. The molecule has 0 fully saturated rings. The number of allylic oxidation sites excluding steroid dienone is 4. The molecule has 0 radical (unpaired) electrons. The summed E-state index contributed by atoms with van der Waals surface area (Å²) in [6.45, 7) is 5.44. The third-order valence-electron chi connectivity index (χ3n) is 4.42. The quantitative estimate of drug-likeness (QED) is 0.488. The van der Waals surface area contributed by atoms with Gasteiger partial charge in [0.1, 0.15) is 0 Å². The Morgan fingerprint density at radius 3 is 1.97 bits per heavy atom. The van der Waals surface area contributed by atoms with Crippen LogP contribution in [0.4, 0.5) is 4.79 Å². The number of ether oxygens (including phenoxy) is 3. The number of carbonyl (C=O) groups excluding carboxylic acids is 3. The number of methoxy groups -OCH3 is 3. The topological polar surface area (TPSA) is 115 Å². The van der Waals surface area contributed by atoms with Crippen molar-refractivity contribution >= 4 is 17.8 Å². The number of rotatable bonds is 9. The first kappa shape index (κ1) is 25.7. The maximum atomic E-state index is 12.5. The molecule has 0 spiro atoms. The summed E-state index contributed by atoms with van der Waals surface area (Å²) in [4.78, 5) is 36.8. The Morgan fingerprint density at radius 2 is 1.41 bits per heavy atom. The minimum Gasteiger partial charge on any atom is -0.493 e. The molecule has 4 amide bonds. The van der Waals surface area contributed by atoms with Gasteiger partial charge in [-0.1, -0.05) is 30.9 Å². The monoisotopic (exact) mass is 465 g/mol. The molecule has 3 N–H and O–H groups in total. The van der Waals surface area contributed by atoms with Crippen LogP contribution < -0.4 is 30.2 Å². The summed E-state index contributed by atoms with van der Waals surface area (Å²) in [6, 6.07) is 10.9. The number of nitrogens with one attached hydrogen (secondary N) is 3. The number of hydrogen-bond acceptors (Lipinski definition) is 6. The Labute approximate surface area is 198 Å². The summed E-state index contributed by atoms with van der Waals surface area (Å²) < 4.78 is 15.6. The second-order valence-corrected chi connectivity index (χ2v) is 6.88. The largest absolute Gasteiger partial charge is 0.493 e. The van der Waals surface area contributed by atoms with Gasteiger partial charge in [-0.25, -0.2) is 4.79 Å². The predicted octanol–water partition coefficient (Wildman–Crippen LogP) is 3.56. The smallest absolute Gasteiger partial charge is 0.326 e. The first-order chi connectivity index (χ1) is 16.3. The summed E-state index contributed by atoms with van der Waals surface area (Å²) in [5.74, 6) is -0.0207. The highest BCUT2D eigenvalue weighted by Gasteiger charge is 2.18. The summed E-state index contributed by atoms with van der Waals surface area (Å²) in [7, 11) is 4.29. The van der Waals surface area contributed by atoms with E-state index in [2.05, 4.69) is 22.5 Å². The lowest BCUT2D eigenvalue weighted by molar-refractivity contribution is 0.0955. The van der Waals surface area contributed by atoms with Gasteiger partial charge in [0.15, 0.2) is 11.5 Å². The van der Waals surface area contributed by atoms with E-state index in [0.29, 0.717) is 17.0 Å². The highest BCUT2D eigenvalue weighted by molar-refractivity contribution is 6.05. The lowest BCUT2D eigenvalue weighted by Gasteiger charge is -2.14. The molecule has 0 saturated carbocycles. The van der Waals surface area contributed by atoms with Gasteiger partial charge >= 0.3 is 6.03 Å². The van der Waals surface area contributed by atoms with Crippen LogP contribution in [0.1, 0.15) is 27.6 Å². The lowest BCUT2D eigenvalue weighted by atomic mass is 10.1. The molecule has 2 aromatic rings. The molecule has 0 aromatic heterocycles. The van der Waals surface area contributed by atoms with Gasteiger partial charge in [-0.15, -0.1) is 0 Å². The summed E-state index contributed by atoms with van der Waals surface area (Å²) in [5, 5.41) is 7.40. The van der Waals surface area contributed by atoms with Crippen LogP contribution in [0.15, 0.2) is 78.7 Å². The van der Waals surface area contributed by atoms with E-state index >= 15 is 0 Å². The normalized spacial score (nSPS) is 10.9. The Morgan fingerprint density at radius 1 is 0.824 bits per heavy atom. The standard InChI is InChI=1S/C25H27N3O6/c1-16(26-23(29)18-12-7-6-8-13-18)10-9-11-17(2)27-25(31)28-24(30)19-14-20(32-3)22(34-5)21(15-19)33-4/h6-15H,2H2,1,3-5H3,(H,26,29)(H2,27,28,30,31)/b11-9-,16-10+. The number of urea groups is 1. The summed E-state index contributed by atoms with van der Waals surface area (Å²) in [6.07, 6.45) is 4.76. The zero-order chi connectivity index (χ0) is 25.1. The second kappa shape index (κ2) is 12.5. The SMILES string of the molecule is C=C(/C=C\C=C(/C)NC(=O)c1ccccc1)NC(=O)NC(=O)c1cc(OC)c(OC)c(OC)c1. The second-order valence-electron chi connectivity index (χ2n) is 6.88. The third kappa shape index (κ3) is 7.27. The number of benzene rings is 2. The van der Waals surface area contributed by atoms with E-state index in [1.54, 1.807) is 43.3 Å². The van der Waals surface area contributed by atoms with Gasteiger partial charge in [-0.3, -0.25) is 14.9 Å². The van der Waals surface area contributed by atoms with Crippen molar-refractivity contribution < 1.29 is 28.6 Å². The zero-order valence-corrected chi connectivity index (χ0v) is 19.4. The molecule has 9 nitrogen and oxygen atoms in total. The van der Waals surface area contributed by atoms with Gasteiger partial charge in [0.2, 0.25) is 5.75 Å². The molecule has 0 bridgehead atoms. The van der Waals surface area contributed by atoms with Crippen LogP contribution in [0, 0.1) is 0 Å². The first-order valence-corrected chi connectivity index (χ1v) is 10.1. The van der Waals surface area contributed by atoms with Crippen molar-refractivity contribution in [3.8, 4) is 17.2 Å². The van der Waals surface area contributed by atoms with Crippen molar-refractivity contribution in [3.05, 3.63) is 89.8 Å². The van der Waals surface area contributed by atoms with E-state index < -0.39 is 11.9 Å². The molecular formula is C25H27N3O6. The third-order valence-corrected chi connectivity index (χ3v) is 4.42. The Bertz CT molecular complexity index is 1100. The molecule has 178 valence electrons. The average Bonchev–Trinajstić information content (AvgIpc) is 2.83. The maximum absolute atomic E-state index is 12.5. The molecule has 0 saturated heterocycles. The first-order valence-electron chi connectivity index (χ1n) is 10.1. The fourth-order valence-electron chi connectivity index (χ4n) is 2.80. The highest BCUT2D eigenvalue weighted by atomic mass is 16.5. The summed E-state index contributed by atoms with van der Waals surface area (Å²) in [5.41, 5.74) is 1.51. The summed E-state index contributed by atoms with van der Waals surface area (Å²) >= 11 is 0. The molecular weight excluding hydrogens is 438 g/mol. The van der Waals surface area contributed by atoms with Gasteiger partial charge in [0, 0.05) is 22.5 Å². The van der Waals surface area contributed by atoms with E-state index in [1.165, 1.54) is 39.5 Å².